The fourth-order valence-electron chi connectivity index (χ4n) is 3.55. The van der Waals surface area contributed by atoms with Crippen molar-refractivity contribution in [2.45, 2.75) is 38.1 Å². The summed E-state index contributed by atoms with van der Waals surface area (Å²) in [6.45, 7) is 0. The van der Waals surface area contributed by atoms with Crippen molar-refractivity contribution in [2.24, 2.45) is 0 Å². The average Bonchev–Trinajstić information content (AvgIpc) is 3.36. The molecule has 6 heteroatoms. The first kappa shape index (κ1) is 17.0. The number of carbonyl (C=O) groups excluding carboxylic acids is 1. The number of rotatable bonds is 5. The standard InChI is InChI=1S/C20H21N3O2S/c1-23(17-8-4-6-14-5-2-3-7-16(14)17)19(24)10-9-18-21-22-20(25-18)15-11-12-26-13-15/h2-3,5,7,11-13,17H,4,6,8-10H2,1H3. The third-order valence-electron chi connectivity index (χ3n) is 4.99. The molecule has 1 aromatic carbocycles. The SMILES string of the molecule is CN(C(=O)CCc1nnc(-c2ccsc2)o1)C1CCCc2ccccc21. The van der Waals surface area contributed by atoms with Gasteiger partial charge in [-0.1, -0.05) is 24.3 Å². The van der Waals surface area contributed by atoms with E-state index in [4.69, 9.17) is 4.42 Å². The van der Waals surface area contributed by atoms with Gasteiger partial charge in [0.25, 0.3) is 0 Å². The molecular formula is C20H21N3O2S. The molecule has 0 fully saturated rings. The second-order valence-corrected chi connectivity index (χ2v) is 7.40. The predicted molar refractivity (Wildman–Crippen MR) is 101 cm³/mol. The molecule has 2 heterocycles. The van der Waals surface area contributed by atoms with Crippen molar-refractivity contribution in [1.29, 1.82) is 0 Å². The van der Waals surface area contributed by atoms with Crippen LogP contribution < -0.4 is 0 Å². The molecule has 0 radical (unpaired) electrons. The normalized spacial score (nSPS) is 16.3. The van der Waals surface area contributed by atoms with Gasteiger partial charge in [-0.2, -0.15) is 11.3 Å². The smallest absolute Gasteiger partial charge is 0.248 e. The predicted octanol–water partition coefficient (Wildman–Crippen LogP) is 4.27. The highest BCUT2D eigenvalue weighted by molar-refractivity contribution is 7.08. The number of fused-ring (bicyclic) bond motifs is 1. The summed E-state index contributed by atoms with van der Waals surface area (Å²) in [6.07, 6.45) is 4.08. The molecule has 2 aromatic heterocycles. The first-order valence-electron chi connectivity index (χ1n) is 8.91. The van der Waals surface area contributed by atoms with Crippen molar-refractivity contribution in [2.75, 3.05) is 7.05 Å². The van der Waals surface area contributed by atoms with Gasteiger partial charge in [0.1, 0.15) is 0 Å². The van der Waals surface area contributed by atoms with Crippen molar-refractivity contribution >= 4 is 17.2 Å². The number of nitrogens with zero attached hydrogens (tertiary/aromatic N) is 3. The lowest BCUT2D eigenvalue weighted by Crippen LogP contribution is -2.33. The monoisotopic (exact) mass is 367 g/mol. The Bertz CT molecular complexity index is 888. The molecule has 3 aromatic rings. The van der Waals surface area contributed by atoms with Gasteiger partial charge in [0, 0.05) is 30.8 Å². The molecule has 0 bridgehead atoms. The average molecular weight is 367 g/mol. The van der Waals surface area contributed by atoms with Crippen LogP contribution in [-0.2, 0) is 17.6 Å². The van der Waals surface area contributed by atoms with Crippen molar-refractivity contribution in [3.8, 4) is 11.5 Å². The molecule has 0 saturated carbocycles. The Morgan fingerprint density at radius 3 is 3.04 bits per heavy atom. The molecule has 1 atom stereocenters. The van der Waals surface area contributed by atoms with Crippen molar-refractivity contribution < 1.29 is 9.21 Å². The van der Waals surface area contributed by atoms with Gasteiger partial charge >= 0.3 is 0 Å². The molecular weight excluding hydrogens is 346 g/mol. The maximum absolute atomic E-state index is 12.7. The van der Waals surface area contributed by atoms with Crippen molar-refractivity contribution in [1.82, 2.24) is 15.1 Å². The Kier molecular flexibility index (Phi) is 4.84. The molecule has 4 rings (SSSR count). The number of aromatic nitrogens is 2. The van der Waals surface area contributed by atoms with Crippen LogP contribution in [0.4, 0.5) is 0 Å². The molecule has 5 nitrogen and oxygen atoms in total. The van der Waals surface area contributed by atoms with Crippen LogP contribution in [0.25, 0.3) is 11.5 Å². The van der Waals surface area contributed by atoms with Crippen LogP contribution in [0.5, 0.6) is 0 Å². The van der Waals surface area contributed by atoms with E-state index in [-0.39, 0.29) is 11.9 Å². The number of hydrogen-bond acceptors (Lipinski definition) is 5. The number of carbonyl (C=O) groups is 1. The first-order valence-corrected chi connectivity index (χ1v) is 9.85. The van der Waals surface area contributed by atoms with Crippen LogP contribution in [0.1, 0.15) is 42.3 Å². The molecule has 1 aliphatic rings. The summed E-state index contributed by atoms with van der Waals surface area (Å²) in [5, 5.41) is 12.1. The van der Waals surface area contributed by atoms with Gasteiger partial charge in [-0.15, -0.1) is 10.2 Å². The van der Waals surface area contributed by atoms with E-state index in [1.165, 1.54) is 11.1 Å². The summed E-state index contributed by atoms with van der Waals surface area (Å²) in [5.41, 5.74) is 3.57. The maximum atomic E-state index is 12.7. The Labute approximate surface area is 156 Å². The second kappa shape index (κ2) is 7.41. The minimum Gasteiger partial charge on any atom is -0.421 e. The van der Waals surface area contributed by atoms with E-state index >= 15 is 0 Å². The van der Waals surface area contributed by atoms with Gasteiger partial charge in [0.15, 0.2) is 0 Å². The van der Waals surface area contributed by atoms with Crippen molar-refractivity contribution in [3.63, 3.8) is 0 Å². The van der Waals surface area contributed by atoms with E-state index in [1.807, 2.05) is 28.8 Å². The second-order valence-electron chi connectivity index (χ2n) is 6.62. The zero-order chi connectivity index (χ0) is 17.9. The van der Waals surface area contributed by atoms with Gasteiger partial charge in [0.2, 0.25) is 17.7 Å². The Hall–Kier alpha value is -2.47. The van der Waals surface area contributed by atoms with Gasteiger partial charge in [-0.25, -0.2) is 0 Å². The summed E-state index contributed by atoms with van der Waals surface area (Å²) in [6, 6.07) is 10.6. The van der Waals surface area contributed by atoms with Crippen LogP contribution >= 0.6 is 11.3 Å². The van der Waals surface area contributed by atoms with E-state index in [0.717, 1.165) is 24.8 Å². The zero-order valence-electron chi connectivity index (χ0n) is 14.7. The summed E-state index contributed by atoms with van der Waals surface area (Å²) in [4.78, 5) is 14.6. The zero-order valence-corrected chi connectivity index (χ0v) is 15.5. The highest BCUT2D eigenvalue weighted by Crippen LogP contribution is 2.33. The summed E-state index contributed by atoms with van der Waals surface area (Å²) >= 11 is 1.59. The molecule has 0 aliphatic heterocycles. The summed E-state index contributed by atoms with van der Waals surface area (Å²) < 4.78 is 5.67. The fraction of sp³-hybridized carbons (Fsp3) is 0.350. The van der Waals surface area contributed by atoms with Crippen LogP contribution in [0.2, 0.25) is 0 Å². The maximum Gasteiger partial charge on any atom is 0.248 e. The Morgan fingerprint density at radius 2 is 2.19 bits per heavy atom. The molecule has 0 N–H and O–H groups in total. The van der Waals surface area contributed by atoms with Gasteiger partial charge in [0.05, 0.1) is 6.04 Å². The highest BCUT2D eigenvalue weighted by Gasteiger charge is 2.26. The lowest BCUT2D eigenvalue weighted by molar-refractivity contribution is -0.132. The summed E-state index contributed by atoms with van der Waals surface area (Å²) in [7, 11) is 1.90. The molecule has 1 amide bonds. The lowest BCUT2D eigenvalue weighted by atomic mass is 9.87. The molecule has 26 heavy (non-hydrogen) atoms. The Balaban J connectivity index is 1.40. The number of hydrogen-bond donors (Lipinski definition) is 0. The number of aryl methyl sites for hydroxylation is 2. The van der Waals surface area contributed by atoms with E-state index in [2.05, 4.69) is 34.5 Å². The number of benzene rings is 1. The van der Waals surface area contributed by atoms with E-state index in [1.54, 1.807) is 11.3 Å². The number of thiophene rings is 1. The minimum atomic E-state index is 0.113. The molecule has 134 valence electrons. The quantitative estimate of drug-likeness (QED) is 0.676. The minimum absolute atomic E-state index is 0.113. The fourth-order valence-corrected chi connectivity index (χ4v) is 4.18. The highest BCUT2D eigenvalue weighted by atomic mass is 32.1. The van der Waals surface area contributed by atoms with Gasteiger partial charge in [-0.05, 0) is 41.8 Å². The van der Waals surface area contributed by atoms with Crippen LogP contribution in [0.3, 0.4) is 0 Å². The Morgan fingerprint density at radius 1 is 1.31 bits per heavy atom. The van der Waals surface area contributed by atoms with E-state index in [9.17, 15) is 4.79 Å². The topological polar surface area (TPSA) is 59.2 Å². The molecule has 1 aliphatic carbocycles. The first-order chi connectivity index (χ1) is 12.7. The lowest BCUT2D eigenvalue weighted by Gasteiger charge is -2.33. The van der Waals surface area contributed by atoms with E-state index < -0.39 is 0 Å². The van der Waals surface area contributed by atoms with Gasteiger partial charge in [-0.3, -0.25) is 4.79 Å². The molecule has 0 saturated heterocycles. The molecule has 0 spiro atoms. The van der Waals surface area contributed by atoms with Crippen LogP contribution in [0.15, 0.2) is 45.5 Å². The third-order valence-corrected chi connectivity index (χ3v) is 5.67. The van der Waals surface area contributed by atoms with Gasteiger partial charge < -0.3 is 9.32 Å². The van der Waals surface area contributed by atoms with Crippen molar-refractivity contribution in [3.05, 3.63) is 58.1 Å². The third kappa shape index (κ3) is 3.42. The largest absolute Gasteiger partial charge is 0.421 e. The van der Waals surface area contributed by atoms with Crippen LogP contribution in [0, 0.1) is 0 Å². The van der Waals surface area contributed by atoms with E-state index in [0.29, 0.717) is 24.6 Å². The van der Waals surface area contributed by atoms with Crippen LogP contribution in [-0.4, -0.2) is 28.1 Å². The molecule has 1 unspecified atom stereocenters. The summed E-state index contributed by atoms with van der Waals surface area (Å²) in [5.74, 6) is 1.14. The number of amides is 1.